The number of amides is 2. The number of halogens is 2. The highest BCUT2D eigenvalue weighted by atomic mass is 19.2. The zero-order valence-electron chi connectivity index (χ0n) is 18.9. The number of rotatable bonds is 4. The van der Waals surface area contributed by atoms with Crippen molar-refractivity contribution in [2.75, 3.05) is 0 Å². The van der Waals surface area contributed by atoms with Crippen molar-refractivity contribution in [1.29, 1.82) is 0 Å². The standard InChI is InChI=1S/C26H23F2N3O4/c1-14-11-17-16-5-2-3-6-21(16)30-22(17)18(24(33)35-26(25(29)34)9-4-10-26)13-31(14)23(32)15-7-8-19(27)20(28)12-15/h2-3,5-8,12-14,30H,4,9-11H2,1H3,(H2,29,34). The molecule has 2 amide bonds. The van der Waals surface area contributed by atoms with E-state index >= 15 is 0 Å². The molecule has 1 atom stereocenters. The zero-order chi connectivity index (χ0) is 24.9. The van der Waals surface area contributed by atoms with Gasteiger partial charge in [0.15, 0.2) is 17.2 Å². The minimum atomic E-state index is -1.38. The number of aromatic nitrogens is 1. The number of nitrogens with two attached hydrogens (primary N) is 1. The Morgan fingerprint density at radius 2 is 1.86 bits per heavy atom. The number of nitrogens with one attached hydrogen (secondary N) is 1. The molecule has 1 aromatic heterocycles. The summed E-state index contributed by atoms with van der Waals surface area (Å²) in [5, 5.41) is 0.878. The molecule has 180 valence electrons. The summed E-state index contributed by atoms with van der Waals surface area (Å²) < 4.78 is 32.9. The molecule has 1 aliphatic carbocycles. The minimum absolute atomic E-state index is 0.0454. The predicted octanol–water partition coefficient (Wildman–Crippen LogP) is 3.83. The van der Waals surface area contributed by atoms with Gasteiger partial charge < -0.3 is 20.4 Å². The number of hydrogen-bond acceptors (Lipinski definition) is 4. The van der Waals surface area contributed by atoms with E-state index < -0.39 is 41.1 Å². The van der Waals surface area contributed by atoms with Crippen LogP contribution in [0.3, 0.4) is 0 Å². The molecule has 3 N–H and O–H groups in total. The number of benzene rings is 2. The molecule has 1 unspecified atom stereocenters. The molecule has 1 fully saturated rings. The molecule has 2 heterocycles. The van der Waals surface area contributed by atoms with Crippen LogP contribution in [0.4, 0.5) is 8.78 Å². The molecule has 35 heavy (non-hydrogen) atoms. The second-order valence-electron chi connectivity index (χ2n) is 9.06. The van der Waals surface area contributed by atoms with E-state index in [4.69, 9.17) is 10.5 Å². The average molecular weight is 479 g/mol. The second-order valence-corrected chi connectivity index (χ2v) is 9.06. The normalized spacial score (nSPS) is 18.8. The van der Waals surface area contributed by atoms with E-state index in [9.17, 15) is 23.2 Å². The quantitative estimate of drug-likeness (QED) is 0.555. The lowest BCUT2D eigenvalue weighted by Gasteiger charge is -2.37. The van der Waals surface area contributed by atoms with Gasteiger partial charge in [-0.2, -0.15) is 0 Å². The molecule has 0 bridgehead atoms. The number of ether oxygens (including phenoxy) is 1. The van der Waals surface area contributed by atoms with Gasteiger partial charge in [-0.15, -0.1) is 0 Å². The molecule has 1 aliphatic heterocycles. The largest absolute Gasteiger partial charge is 0.445 e. The lowest BCUT2D eigenvalue weighted by molar-refractivity contribution is -0.171. The monoisotopic (exact) mass is 479 g/mol. The van der Waals surface area contributed by atoms with Crippen LogP contribution in [0, 0.1) is 11.6 Å². The fourth-order valence-electron chi connectivity index (χ4n) is 4.69. The molecule has 1 saturated carbocycles. The van der Waals surface area contributed by atoms with E-state index in [2.05, 4.69) is 4.98 Å². The number of nitrogens with zero attached hydrogens (tertiary/aromatic N) is 1. The van der Waals surface area contributed by atoms with Gasteiger partial charge in [-0.3, -0.25) is 9.59 Å². The van der Waals surface area contributed by atoms with Crippen molar-refractivity contribution in [3.63, 3.8) is 0 Å². The van der Waals surface area contributed by atoms with E-state index in [1.54, 1.807) is 6.92 Å². The highest BCUT2D eigenvalue weighted by molar-refractivity contribution is 6.19. The summed E-state index contributed by atoms with van der Waals surface area (Å²) >= 11 is 0. The van der Waals surface area contributed by atoms with Gasteiger partial charge in [0.05, 0.1) is 11.3 Å². The molecule has 0 spiro atoms. The number of para-hydroxylation sites is 1. The third-order valence-electron chi connectivity index (χ3n) is 6.84. The lowest BCUT2D eigenvalue weighted by Crippen LogP contribution is -2.53. The first-order valence-corrected chi connectivity index (χ1v) is 11.3. The molecule has 5 rings (SSSR count). The lowest BCUT2D eigenvalue weighted by atomic mass is 9.79. The number of H-pyrrole nitrogens is 1. The van der Waals surface area contributed by atoms with E-state index in [-0.39, 0.29) is 11.1 Å². The Balaban J connectivity index is 1.61. The maximum atomic E-state index is 13.9. The van der Waals surface area contributed by atoms with Gasteiger partial charge in [-0.05, 0) is 62.4 Å². The number of esters is 1. The highest BCUT2D eigenvalue weighted by Gasteiger charge is 2.47. The Morgan fingerprint density at radius 1 is 1.11 bits per heavy atom. The van der Waals surface area contributed by atoms with E-state index in [0.29, 0.717) is 31.4 Å². The Bertz CT molecular complexity index is 1410. The SMILES string of the molecule is CC1Cc2c([nH]c3ccccc23)C(C(=O)OC2(C(N)=O)CCC2)=CN1C(=O)c1ccc(F)c(F)c1. The van der Waals surface area contributed by atoms with Gasteiger partial charge >= 0.3 is 5.97 Å². The van der Waals surface area contributed by atoms with E-state index in [1.165, 1.54) is 17.2 Å². The van der Waals surface area contributed by atoms with Crippen LogP contribution in [-0.4, -0.2) is 39.3 Å². The van der Waals surface area contributed by atoms with Crippen LogP contribution in [0.1, 0.15) is 47.8 Å². The van der Waals surface area contributed by atoms with Crippen LogP contribution in [0.2, 0.25) is 0 Å². The fraction of sp³-hybridized carbons (Fsp3) is 0.269. The third-order valence-corrected chi connectivity index (χ3v) is 6.84. The molecule has 3 aromatic rings. The first-order valence-electron chi connectivity index (χ1n) is 11.3. The molecule has 9 heteroatoms. The highest BCUT2D eigenvalue weighted by Crippen LogP contribution is 2.39. The number of primary amides is 1. The Labute approximate surface area is 199 Å². The number of carbonyl (C=O) groups excluding carboxylic acids is 3. The number of carbonyl (C=O) groups is 3. The smallest absolute Gasteiger partial charge is 0.342 e. The summed E-state index contributed by atoms with van der Waals surface area (Å²) in [6, 6.07) is 9.97. The van der Waals surface area contributed by atoms with Crippen molar-refractivity contribution in [3.05, 3.63) is 77.1 Å². The van der Waals surface area contributed by atoms with Crippen molar-refractivity contribution in [1.82, 2.24) is 9.88 Å². The predicted molar refractivity (Wildman–Crippen MR) is 124 cm³/mol. The number of hydrogen-bond donors (Lipinski definition) is 2. The van der Waals surface area contributed by atoms with Gasteiger partial charge in [0.25, 0.3) is 11.8 Å². The summed E-state index contributed by atoms with van der Waals surface area (Å²) in [5.41, 5.74) is 6.21. The Morgan fingerprint density at radius 3 is 2.51 bits per heavy atom. The van der Waals surface area contributed by atoms with Crippen LogP contribution in [0.5, 0.6) is 0 Å². The maximum Gasteiger partial charge on any atom is 0.342 e. The van der Waals surface area contributed by atoms with Crippen LogP contribution in [-0.2, 0) is 20.7 Å². The van der Waals surface area contributed by atoms with E-state index in [0.717, 1.165) is 28.6 Å². The summed E-state index contributed by atoms with van der Waals surface area (Å²) in [4.78, 5) is 43.4. The van der Waals surface area contributed by atoms with Gasteiger partial charge in [0.1, 0.15) is 0 Å². The van der Waals surface area contributed by atoms with Crippen molar-refractivity contribution < 1.29 is 27.9 Å². The first kappa shape index (κ1) is 22.8. The first-order chi connectivity index (χ1) is 16.7. The molecule has 2 aliphatic rings. The average Bonchev–Trinajstić information content (AvgIpc) is 3.08. The molecular weight excluding hydrogens is 456 g/mol. The van der Waals surface area contributed by atoms with Crippen molar-refractivity contribution in [3.8, 4) is 0 Å². The van der Waals surface area contributed by atoms with Crippen molar-refractivity contribution in [2.45, 2.75) is 44.2 Å². The number of aromatic amines is 1. The Hall–Kier alpha value is -4.01. The van der Waals surface area contributed by atoms with Crippen LogP contribution in [0.15, 0.2) is 48.7 Å². The summed E-state index contributed by atoms with van der Waals surface area (Å²) in [6.45, 7) is 1.80. The summed E-state index contributed by atoms with van der Waals surface area (Å²) in [7, 11) is 0. The summed E-state index contributed by atoms with van der Waals surface area (Å²) in [5.74, 6) is -4.33. The van der Waals surface area contributed by atoms with Gasteiger partial charge in [-0.1, -0.05) is 18.2 Å². The molecular formula is C26H23F2N3O4. The van der Waals surface area contributed by atoms with Gasteiger partial charge in [0.2, 0.25) is 0 Å². The minimum Gasteiger partial charge on any atom is -0.445 e. The van der Waals surface area contributed by atoms with Crippen LogP contribution < -0.4 is 5.73 Å². The molecule has 0 saturated heterocycles. The van der Waals surface area contributed by atoms with E-state index in [1.807, 2.05) is 24.3 Å². The zero-order valence-corrected chi connectivity index (χ0v) is 18.9. The van der Waals surface area contributed by atoms with Crippen LogP contribution in [0.25, 0.3) is 16.5 Å². The topological polar surface area (TPSA) is 105 Å². The van der Waals surface area contributed by atoms with Crippen LogP contribution >= 0.6 is 0 Å². The molecule has 7 nitrogen and oxygen atoms in total. The van der Waals surface area contributed by atoms with Gasteiger partial charge in [0, 0.05) is 28.7 Å². The number of fused-ring (bicyclic) bond motifs is 3. The van der Waals surface area contributed by atoms with Gasteiger partial charge in [-0.25, -0.2) is 13.6 Å². The Kier molecular flexibility index (Phi) is 5.42. The maximum absolute atomic E-state index is 13.9. The third kappa shape index (κ3) is 3.77. The van der Waals surface area contributed by atoms with Crippen molar-refractivity contribution >= 4 is 34.3 Å². The second kappa shape index (κ2) is 8.33. The molecule has 2 aromatic carbocycles. The summed E-state index contributed by atoms with van der Waals surface area (Å²) in [6.07, 6.45) is 3.09. The van der Waals surface area contributed by atoms with Crippen molar-refractivity contribution in [2.24, 2.45) is 5.73 Å². The fourth-order valence-corrected chi connectivity index (χ4v) is 4.69. The molecule has 0 radical (unpaired) electrons.